The Morgan fingerprint density at radius 2 is 1.76 bits per heavy atom. The number of benzene rings is 2. The molecule has 4 rings (SSSR count). The summed E-state index contributed by atoms with van der Waals surface area (Å²) in [4.78, 5) is 26.7. The first-order chi connectivity index (χ1) is 12.1. The highest BCUT2D eigenvalue weighted by Gasteiger charge is 2.55. The predicted octanol–water partition coefficient (Wildman–Crippen LogP) is 3.14. The van der Waals surface area contributed by atoms with Gasteiger partial charge in [-0.1, -0.05) is 58.8 Å². The summed E-state index contributed by atoms with van der Waals surface area (Å²) in [6.07, 6.45) is 0. The summed E-state index contributed by atoms with van der Waals surface area (Å²) in [5.41, 5.74) is 2.54. The first-order valence-corrected chi connectivity index (χ1v) is 8.29. The molecule has 2 aliphatic rings. The number of nitrogens with zero attached hydrogens (tertiary/aromatic N) is 4. The van der Waals surface area contributed by atoms with E-state index in [9.17, 15) is 9.59 Å². The molecule has 0 spiro atoms. The minimum atomic E-state index is -0.811. The maximum atomic E-state index is 12.9. The van der Waals surface area contributed by atoms with Crippen LogP contribution in [-0.2, 0) is 16.1 Å². The van der Waals surface area contributed by atoms with Gasteiger partial charge in [-0.15, -0.1) is 0 Å². The zero-order chi connectivity index (χ0) is 17.6. The molecule has 2 amide bonds. The van der Waals surface area contributed by atoms with Crippen LogP contribution in [0.1, 0.15) is 11.1 Å². The molecule has 0 saturated carbocycles. The van der Waals surface area contributed by atoms with Gasteiger partial charge in [0.25, 0.3) is 11.8 Å². The molecule has 0 radical (unpaired) electrons. The molecule has 2 heterocycles. The number of carbonyl (C=O) groups excluding carboxylic acids is 2. The second kappa shape index (κ2) is 5.97. The van der Waals surface area contributed by atoms with E-state index in [2.05, 4.69) is 10.3 Å². The van der Waals surface area contributed by atoms with Gasteiger partial charge in [-0.2, -0.15) is 5.11 Å². The number of para-hydroxylation sites is 1. The lowest BCUT2D eigenvalue weighted by molar-refractivity contribution is -0.123. The van der Waals surface area contributed by atoms with Crippen LogP contribution in [0.15, 0.2) is 58.9 Å². The van der Waals surface area contributed by atoms with Gasteiger partial charge >= 0.3 is 0 Å². The van der Waals surface area contributed by atoms with E-state index in [1.807, 2.05) is 31.2 Å². The predicted molar refractivity (Wildman–Crippen MR) is 93.1 cm³/mol. The smallest absolute Gasteiger partial charge is 0.263 e. The number of anilines is 1. The van der Waals surface area contributed by atoms with Crippen molar-refractivity contribution in [2.24, 2.45) is 10.3 Å². The topological polar surface area (TPSA) is 65.3 Å². The maximum absolute atomic E-state index is 12.9. The molecule has 7 heteroatoms. The largest absolute Gasteiger partial charge is 0.271 e. The minimum absolute atomic E-state index is 0.347. The number of fused-ring (bicyclic) bond motifs is 1. The Balaban J connectivity index is 1.62. The molecular weight excluding hydrogens is 340 g/mol. The molecule has 0 aromatic heterocycles. The monoisotopic (exact) mass is 354 g/mol. The number of aryl methyl sites for hydroxylation is 1. The zero-order valence-corrected chi connectivity index (χ0v) is 14.2. The van der Waals surface area contributed by atoms with Gasteiger partial charge in [0.1, 0.15) is 0 Å². The number of hydrogen-bond acceptors (Lipinski definition) is 5. The van der Waals surface area contributed by atoms with Crippen LogP contribution in [0.25, 0.3) is 0 Å². The molecular formula is C18H15ClN4O2. The van der Waals surface area contributed by atoms with E-state index in [4.69, 9.17) is 11.6 Å². The fourth-order valence-corrected chi connectivity index (χ4v) is 3.33. The summed E-state index contributed by atoms with van der Waals surface area (Å²) in [5, 5.41) is 10.0. The van der Waals surface area contributed by atoms with E-state index in [1.54, 1.807) is 29.3 Å². The Labute approximate surface area is 149 Å². The Morgan fingerprint density at radius 1 is 1.04 bits per heavy atom. The van der Waals surface area contributed by atoms with E-state index in [-0.39, 0.29) is 5.91 Å². The Kier molecular flexibility index (Phi) is 3.77. The van der Waals surface area contributed by atoms with Crippen LogP contribution in [0.3, 0.4) is 0 Å². The van der Waals surface area contributed by atoms with Crippen molar-refractivity contribution >= 4 is 29.1 Å². The SMILES string of the molecule is Cc1ccc(CN2N=N[C@@H]3C(=O)N(c4ccccc4Cl)C(=O)[C@H]32)cc1. The average molecular weight is 355 g/mol. The average Bonchev–Trinajstić information content (AvgIpc) is 3.12. The molecule has 0 aliphatic carbocycles. The van der Waals surface area contributed by atoms with Gasteiger partial charge in [0, 0.05) is 0 Å². The molecule has 0 N–H and O–H groups in total. The maximum Gasteiger partial charge on any atom is 0.263 e. The lowest BCUT2D eigenvalue weighted by atomic mass is 10.1. The van der Waals surface area contributed by atoms with Crippen molar-refractivity contribution in [2.45, 2.75) is 25.6 Å². The molecule has 0 bridgehead atoms. The molecule has 1 fully saturated rings. The van der Waals surface area contributed by atoms with E-state index >= 15 is 0 Å². The van der Waals surface area contributed by atoms with Crippen LogP contribution < -0.4 is 4.90 Å². The molecule has 126 valence electrons. The zero-order valence-electron chi connectivity index (χ0n) is 13.5. The normalized spacial score (nSPS) is 22.0. The molecule has 2 aromatic rings. The van der Waals surface area contributed by atoms with Crippen molar-refractivity contribution in [3.8, 4) is 0 Å². The van der Waals surface area contributed by atoms with Crippen molar-refractivity contribution in [3.05, 3.63) is 64.7 Å². The number of hydrogen-bond donors (Lipinski definition) is 0. The fraction of sp³-hybridized carbons (Fsp3) is 0.222. The van der Waals surface area contributed by atoms with Gasteiger partial charge in [0.2, 0.25) is 0 Å². The third kappa shape index (κ3) is 2.59. The Morgan fingerprint density at radius 3 is 2.48 bits per heavy atom. The van der Waals surface area contributed by atoms with Crippen molar-refractivity contribution in [3.63, 3.8) is 0 Å². The second-order valence-corrected chi connectivity index (χ2v) is 6.55. The number of carbonyl (C=O) groups is 2. The second-order valence-electron chi connectivity index (χ2n) is 6.14. The molecule has 25 heavy (non-hydrogen) atoms. The van der Waals surface area contributed by atoms with Crippen molar-refractivity contribution in [2.75, 3.05) is 4.90 Å². The fourth-order valence-electron chi connectivity index (χ4n) is 3.10. The van der Waals surface area contributed by atoms with Crippen molar-refractivity contribution in [1.82, 2.24) is 5.01 Å². The van der Waals surface area contributed by atoms with Crippen LogP contribution in [0.2, 0.25) is 5.02 Å². The van der Waals surface area contributed by atoms with Crippen molar-refractivity contribution in [1.29, 1.82) is 0 Å². The molecule has 2 atom stereocenters. The van der Waals surface area contributed by atoms with Gasteiger partial charge in [-0.3, -0.25) is 14.6 Å². The first-order valence-electron chi connectivity index (χ1n) is 7.91. The third-order valence-electron chi connectivity index (χ3n) is 4.42. The van der Waals surface area contributed by atoms with Crippen LogP contribution in [0.4, 0.5) is 5.69 Å². The lowest BCUT2D eigenvalue weighted by Crippen LogP contribution is -2.39. The van der Waals surface area contributed by atoms with Crippen molar-refractivity contribution < 1.29 is 9.59 Å². The molecule has 0 unspecified atom stereocenters. The third-order valence-corrected chi connectivity index (χ3v) is 4.74. The highest BCUT2D eigenvalue weighted by atomic mass is 35.5. The molecule has 2 aromatic carbocycles. The molecule has 1 saturated heterocycles. The first kappa shape index (κ1) is 15.8. The van der Waals surface area contributed by atoms with E-state index in [0.717, 1.165) is 16.0 Å². The van der Waals surface area contributed by atoms with Crippen LogP contribution in [-0.4, -0.2) is 28.9 Å². The number of halogens is 1. The summed E-state index contributed by atoms with van der Waals surface area (Å²) in [6.45, 7) is 2.43. The lowest BCUT2D eigenvalue weighted by Gasteiger charge is -2.21. The number of rotatable bonds is 3. The quantitative estimate of drug-likeness (QED) is 0.795. The van der Waals surface area contributed by atoms with Gasteiger partial charge in [-0.25, -0.2) is 4.90 Å². The Hall–Kier alpha value is -2.73. The van der Waals surface area contributed by atoms with E-state index < -0.39 is 18.0 Å². The summed E-state index contributed by atoms with van der Waals surface area (Å²) < 4.78 is 0. The Bertz CT molecular complexity index is 881. The van der Waals surface area contributed by atoms with Gasteiger partial charge in [0.15, 0.2) is 12.1 Å². The highest BCUT2D eigenvalue weighted by molar-refractivity contribution is 6.36. The van der Waals surface area contributed by atoms with Crippen LogP contribution >= 0.6 is 11.6 Å². The highest BCUT2D eigenvalue weighted by Crippen LogP contribution is 2.35. The standard InChI is InChI=1S/C18H15ClN4O2/c1-11-6-8-12(9-7-11)10-22-16-15(20-21-22)17(24)23(18(16)25)14-5-3-2-4-13(14)19/h2-9,15-16H,10H2,1H3/t15-,16-/m0/s1. The molecule has 2 aliphatic heterocycles. The van der Waals surface area contributed by atoms with Gasteiger partial charge in [0.05, 0.1) is 17.3 Å². The van der Waals surface area contributed by atoms with E-state index in [0.29, 0.717) is 17.3 Å². The van der Waals surface area contributed by atoms with Gasteiger partial charge in [-0.05, 0) is 24.6 Å². The number of imide groups is 1. The van der Waals surface area contributed by atoms with Crippen LogP contribution in [0, 0.1) is 6.92 Å². The summed E-state index contributed by atoms with van der Waals surface area (Å²) in [5.74, 6) is -0.738. The van der Waals surface area contributed by atoms with Crippen LogP contribution in [0.5, 0.6) is 0 Å². The molecule has 6 nitrogen and oxygen atoms in total. The summed E-state index contributed by atoms with van der Waals surface area (Å²) >= 11 is 6.16. The number of amides is 2. The minimum Gasteiger partial charge on any atom is -0.271 e. The van der Waals surface area contributed by atoms with Gasteiger partial charge < -0.3 is 0 Å². The summed E-state index contributed by atoms with van der Waals surface area (Å²) in [7, 11) is 0. The van der Waals surface area contributed by atoms with E-state index in [1.165, 1.54) is 0 Å². The summed E-state index contributed by atoms with van der Waals surface area (Å²) in [6, 6.07) is 13.2.